The zero-order chi connectivity index (χ0) is 13.7. The van der Waals surface area contributed by atoms with Crippen LogP contribution in [0.3, 0.4) is 0 Å². The number of nitrogens with one attached hydrogen (secondary N) is 1. The van der Waals surface area contributed by atoms with Crippen LogP contribution in [0.4, 0.5) is 0 Å². The Morgan fingerprint density at radius 1 is 1.47 bits per heavy atom. The third-order valence-corrected chi connectivity index (χ3v) is 3.90. The van der Waals surface area contributed by atoms with Crippen LogP contribution in [0.2, 0.25) is 0 Å². The molecule has 1 fully saturated rings. The minimum atomic E-state index is 0.336. The summed E-state index contributed by atoms with van der Waals surface area (Å²) in [7, 11) is 0. The van der Waals surface area contributed by atoms with E-state index in [-0.39, 0.29) is 0 Å². The van der Waals surface area contributed by atoms with Gasteiger partial charge in [-0.3, -0.25) is 4.98 Å². The lowest BCUT2D eigenvalue weighted by Crippen LogP contribution is -2.42. The van der Waals surface area contributed by atoms with Gasteiger partial charge in [-0.25, -0.2) is 0 Å². The van der Waals surface area contributed by atoms with Crippen LogP contribution in [0, 0.1) is 6.92 Å². The lowest BCUT2D eigenvalue weighted by molar-refractivity contribution is 0.0318. The zero-order valence-electron chi connectivity index (χ0n) is 12.4. The highest BCUT2D eigenvalue weighted by Gasteiger charge is 2.29. The molecule has 0 saturated carbocycles. The Labute approximate surface area is 116 Å². The summed E-state index contributed by atoms with van der Waals surface area (Å²) in [6, 6.07) is 4.53. The Bertz CT molecular complexity index is 394. The van der Waals surface area contributed by atoms with Gasteiger partial charge >= 0.3 is 0 Å². The second-order valence-electron chi connectivity index (χ2n) is 5.59. The summed E-state index contributed by atoms with van der Waals surface area (Å²) in [6.45, 7) is 7.55. The lowest BCUT2D eigenvalue weighted by atomic mass is 10.00. The molecule has 1 aromatic rings. The second kappa shape index (κ2) is 7.01. The second-order valence-corrected chi connectivity index (χ2v) is 5.59. The molecule has 0 aromatic carbocycles. The Hall–Kier alpha value is -0.930. The first-order chi connectivity index (χ1) is 9.20. The van der Waals surface area contributed by atoms with Gasteiger partial charge in [-0.2, -0.15) is 0 Å². The molecule has 3 atom stereocenters. The summed E-state index contributed by atoms with van der Waals surface area (Å²) >= 11 is 0. The predicted octanol–water partition coefficient (Wildman–Crippen LogP) is 2.87. The molecule has 1 aromatic heterocycles. The Morgan fingerprint density at radius 2 is 2.32 bits per heavy atom. The van der Waals surface area contributed by atoms with Crippen LogP contribution < -0.4 is 5.32 Å². The largest absolute Gasteiger partial charge is 0.374 e. The molecule has 1 aliphatic rings. The fourth-order valence-electron chi connectivity index (χ4n) is 2.73. The third-order valence-electron chi connectivity index (χ3n) is 3.90. The van der Waals surface area contributed by atoms with Crippen molar-refractivity contribution in [1.29, 1.82) is 0 Å². The van der Waals surface area contributed by atoms with E-state index in [9.17, 15) is 0 Å². The maximum atomic E-state index is 6.04. The normalized spacial score (nSPS) is 24.6. The number of rotatable bonds is 6. The van der Waals surface area contributed by atoms with Gasteiger partial charge in [0, 0.05) is 24.4 Å². The molecule has 3 unspecified atom stereocenters. The monoisotopic (exact) mass is 262 g/mol. The minimum absolute atomic E-state index is 0.336. The molecule has 0 spiro atoms. The molecule has 2 heterocycles. The number of ether oxygens (including phenoxy) is 1. The summed E-state index contributed by atoms with van der Waals surface area (Å²) in [5.74, 6) is 0. The smallest absolute Gasteiger partial charge is 0.0736 e. The summed E-state index contributed by atoms with van der Waals surface area (Å²) in [5.41, 5.74) is 2.47. The highest BCUT2D eigenvalue weighted by atomic mass is 16.5. The van der Waals surface area contributed by atoms with E-state index in [2.05, 4.69) is 37.1 Å². The van der Waals surface area contributed by atoms with E-state index in [4.69, 9.17) is 4.74 Å². The van der Waals surface area contributed by atoms with Crippen molar-refractivity contribution in [3.05, 3.63) is 29.6 Å². The highest BCUT2D eigenvalue weighted by Crippen LogP contribution is 2.23. The van der Waals surface area contributed by atoms with Crippen LogP contribution in [0.15, 0.2) is 18.3 Å². The van der Waals surface area contributed by atoms with E-state index in [0.29, 0.717) is 18.2 Å². The highest BCUT2D eigenvalue weighted by molar-refractivity contribution is 5.19. The van der Waals surface area contributed by atoms with E-state index in [1.54, 1.807) is 0 Å². The molecule has 0 radical (unpaired) electrons. The number of aryl methyl sites for hydroxylation is 1. The van der Waals surface area contributed by atoms with Crippen molar-refractivity contribution in [1.82, 2.24) is 10.3 Å². The van der Waals surface area contributed by atoms with Crippen LogP contribution >= 0.6 is 0 Å². The lowest BCUT2D eigenvalue weighted by Gasteiger charge is -2.25. The quantitative estimate of drug-likeness (QED) is 0.856. The van der Waals surface area contributed by atoms with Gasteiger partial charge in [0.2, 0.25) is 0 Å². The fourth-order valence-corrected chi connectivity index (χ4v) is 2.73. The maximum absolute atomic E-state index is 6.04. The number of nitrogens with zero attached hydrogens (tertiary/aromatic N) is 1. The van der Waals surface area contributed by atoms with E-state index in [1.807, 2.05) is 12.3 Å². The third kappa shape index (κ3) is 4.02. The van der Waals surface area contributed by atoms with Gasteiger partial charge in [-0.15, -0.1) is 0 Å². The zero-order valence-corrected chi connectivity index (χ0v) is 12.4. The Balaban J connectivity index is 2.03. The molecule has 1 saturated heterocycles. The molecule has 2 rings (SSSR count). The van der Waals surface area contributed by atoms with Gasteiger partial charge in [0.15, 0.2) is 0 Å². The van der Waals surface area contributed by atoms with Crippen LogP contribution in [0.5, 0.6) is 0 Å². The number of hydrogen-bond donors (Lipinski definition) is 1. The van der Waals surface area contributed by atoms with E-state index < -0.39 is 0 Å². The van der Waals surface area contributed by atoms with Crippen LogP contribution in [0.1, 0.15) is 44.4 Å². The van der Waals surface area contributed by atoms with Crippen molar-refractivity contribution in [2.24, 2.45) is 0 Å². The number of hydrogen-bond acceptors (Lipinski definition) is 3. The molecule has 1 N–H and O–H groups in total. The molecule has 19 heavy (non-hydrogen) atoms. The van der Waals surface area contributed by atoms with Gasteiger partial charge in [0.05, 0.1) is 12.2 Å². The van der Waals surface area contributed by atoms with E-state index in [1.165, 1.54) is 17.7 Å². The number of pyridine rings is 1. The first-order valence-corrected chi connectivity index (χ1v) is 7.50. The topological polar surface area (TPSA) is 34.2 Å². The molecule has 0 aliphatic carbocycles. The van der Waals surface area contributed by atoms with E-state index >= 15 is 0 Å². The number of aromatic nitrogens is 1. The summed E-state index contributed by atoms with van der Waals surface area (Å²) in [4.78, 5) is 4.52. The molecular weight excluding hydrogens is 236 g/mol. The minimum Gasteiger partial charge on any atom is -0.374 e. The predicted molar refractivity (Wildman–Crippen MR) is 78.3 cm³/mol. The molecule has 0 amide bonds. The van der Waals surface area contributed by atoms with Gasteiger partial charge < -0.3 is 10.1 Å². The van der Waals surface area contributed by atoms with Crippen molar-refractivity contribution in [3.8, 4) is 0 Å². The molecule has 106 valence electrons. The summed E-state index contributed by atoms with van der Waals surface area (Å²) in [5, 5.41) is 3.64. The molecule has 3 nitrogen and oxygen atoms in total. The van der Waals surface area contributed by atoms with Crippen LogP contribution in [0.25, 0.3) is 0 Å². The van der Waals surface area contributed by atoms with Gasteiger partial charge in [0.25, 0.3) is 0 Å². The van der Waals surface area contributed by atoms with Crippen molar-refractivity contribution in [3.63, 3.8) is 0 Å². The Morgan fingerprint density at radius 3 is 2.95 bits per heavy atom. The van der Waals surface area contributed by atoms with Crippen LogP contribution in [-0.4, -0.2) is 29.8 Å². The van der Waals surface area contributed by atoms with Crippen molar-refractivity contribution in [2.75, 3.05) is 6.54 Å². The summed E-state index contributed by atoms with van der Waals surface area (Å²) < 4.78 is 6.04. The first kappa shape index (κ1) is 14.5. The SMILES string of the molecule is CCCNC(Cc1ncccc1C)C1CCC(C)O1. The summed E-state index contributed by atoms with van der Waals surface area (Å²) in [6.07, 6.45) is 7.08. The molecule has 3 heteroatoms. The molecule has 1 aliphatic heterocycles. The van der Waals surface area contributed by atoms with Crippen molar-refractivity contribution < 1.29 is 4.74 Å². The fraction of sp³-hybridized carbons (Fsp3) is 0.688. The standard InChI is InChI=1S/C16H26N2O/c1-4-9-17-15(16-8-7-13(3)19-16)11-14-12(2)6-5-10-18-14/h5-6,10,13,15-17H,4,7-9,11H2,1-3H3. The maximum Gasteiger partial charge on any atom is 0.0736 e. The van der Waals surface area contributed by atoms with Crippen LogP contribution in [-0.2, 0) is 11.2 Å². The van der Waals surface area contributed by atoms with Crippen molar-refractivity contribution in [2.45, 2.75) is 64.7 Å². The molecular formula is C16H26N2O. The van der Waals surface area contributed by atoms with Crippen molar-refractivity contribution >= 4 is 0 Å². The Kier molecular flexibility index (Phi) is 5.34. The first-order valence-electron chi connectivity index (χ1n) is 7.50. The van der Waals surface area contributed by atoms with Gasteiger partial charge in [-0.1, -0.05) is 13.0 Å². The van der Waals surface area contributed by atoms with Gasteiger partial charge in [0.1, 0.15) is 0 Å². The van der Waals surface area contributed by atoms with Gasteiger partial charge in [-0.05, 0) is 51.3 Å². The average Bonchev–Trinajstić information content (AvgIpc) is 2.83. The average molecular weight is 262 g/mol. The molecule has 0 bridgehead atoms. The van der Waals surface area contributed by atoms with E-state index in [0.717, 1.165) is 25.8 Å².